The van der Waals surface area contributed by atoms with Gasteiger partial charge >= 0.3 is 0 Å². The Bertz CT molecular complexity index is 417. The van der Waals surface area contributed by atoms with Crippen LogP contribution in [-0.2, 0) is 11.2 Å². The van der Waals surface area contributed by atoms with Crippen LogP contribution in [-0.4, -0.2) is 17.6 Å². The monoisotopic (exact) mass is 235 g/mol. The van der Waals surface area contributed by atoms with Crippen molar-refractivity contribution in [3.63, 3.8) is 0 Å². The Kier molecular flexibility index (Phi) is 3.64. The molecule has 2 rings (SSSR count). The molecule has 1 aromatic rings. The lowest BCUT2D eigenvalue weighted by molar-refractivity contribution is -0.118. The molecular weight excluding hydrogens is 218 g/mol. The lowest BCUT2D eigenvalue weighted by Gasteiger charge is -2.21. The van der Waals surface area contributed by atoms with Gasteiger partial charge in [0.25, 0.3) is 0 Å². The molecule has 0 aliphatic heterocycles. The molecule has 0 saturated carbocycles. The standard InChI is InChI=1S/C13H17NO3/c14-13(16)6-7-17-10-4-5-11-9(8-10)2-1-3-12(11)15/h4-5,8,12,15H,1-3,6-7H2,(H2,14,16). The van der Waals surface area contributed by atoms with Crippen LogP contribution in [0, 0.1) is 0 Å². The van der Waals surface area contributed by atoms with Gasteiger partial charge in [0.15, 0.2) is 0 Å². The predicted molar refractivity (Wildman–Crippen MR) is 63.6 cm³/mol. The van der Waals surface area contributed by atoms with Crippen LogP contribution in [0.15, 0.2) is 18.2 Å². The van der Waals surface area contributed by atoms with Gasteiger partial charge in [-0.15, -0.1) is 0 Å². The van der Waals surface area contributed by atoms with E-state index >= 15 is 0 Å². The van der Waals surface area contributed by atoms with Crippen molar-refractivity contribution in [2.24, 2.45) is 5.73 Å². The van der Waals surface area contributed by atoms with Crippen LogP contribution in [0.1, 0.15) is 36.5 Å². The van der Waals surface area contributed by atoms with E-state index < -0.39 is 0 Å². The zero-order valence-electron chi connectivity index (χ0n) is 9.69. The third kappa shape index (κ3) is 2.97. The van der Waals surface area contributed by atoms with Crippen molar-refractivity contribution in [1.29, 1.82) is 0 Å². The minimum absolute atomic E-state index is 0.222. The summed E-state index contributed by atoms with van der Waals surface area (Å²) in [6.07, 6.45) is 2.67. The highest BCUT2D eigenvalue weighted by Crippen LogP contribution is 2.31. The summed E-state index contributed by atoms with van der Waals surface area (Å²) in [5.41, 5.74) is 7.17. The van der Waals surface area contributed by atoms with Gasteiger partial charge < -0.3 is 15.6 Å². The molecule has 1 unspecified atom stereocenters. The summed E-state index contributed by atoms with van der Waals surface area (Å²) in [6.45, 7) is 0.302. The molecule has 3 N–H and O–H groups in total. The lowest BCUT2D eigenvalue weighted by atomic mass is 9.89. The first kappa shape index (κ1) is 11.9. The molecule has 92 valence electrons. The van der Waals surface area contributed by atoms with E-state index in [2.05, 4.69) is 0 Å². The molecule has 0 aromatic heterocycles. The summed E-state index contributed by atoms with van der Waals surface area (Å²) in [6, 6.07) is 5.67. The normalized spacial score (nSPS) is 18.5. The van der Waals surface area contributed by atoms with E-state index in [4.69, 9.17) is 10.5 Å². The maximum absolute atomic E-state index is 10.6. The number of hydrogen-bond acceptors (Lipinski definition) is 3. The van der Waals surface area contributed by atoms with E-state index in [0.29, 0.717) is 6.61 Å². The molecule has 0 saturated heterocycles. The molecule has 4 heteroatoms. The molecule has 1 aromatic carbocycles. The number of amides is 1. The number of ether oxygens (including phenoxy) is 1. The Morgan fingerprint density at radius 2 is 2.35 bits per heavy atom. The van der Waals surface area contributed by atoms with Crippen molar-refractivity contribution < 1.29 is 14.6 Å². The number of benzene rings is 1. The summed E-state index contributed by atoms with van der Waals surface area (Å²) in [5.74, 6) is 0.373. The molecule has 1 amide bonds. The molecule has 4 nitrogen and oxygen atoms in total. The summed E-state index contributed by atoms with van der Waals surface area (Å²) < 4.78 is 5.44. The quantitative estimate of drug-likeness (QED) is 0.826. The van der Waals surface area contributed by atoms with E-state index in [1.807, 2.05) is 18.2 Å². The average Bonchev–Trinajstić information content (AvgIpc) is 2.29. The minimum atomic E-state index is -0.363. The lowest BCUT2D eigenvalue weighted by Crippen LogP contribution is -2.15. The Morgan fingerprint density at radius 1 is 1.53 bits per heavy atom. The molecular formula is C13H17NO3. The zero-order chi connectivity index (χ0) is 12.3. The van der Waals surface area contributed by atoms with Crippen LogP contribution in [0.2, 0.25) is 0 Å². The van der Waals surface area contributed by atoms with Gasteiger partial charge in [-0.2, -0.15) is 0 Å². The number of aryl methyl sites for hydroxylation is 1. The largest absolute Gasteiger partial charge is 0.493 e. The third-order valence-corrected chi connectivity index (χ3v) is 3.01. The summed E-state index contributed by atoms with van der Waals surface area (Å²) in [7, 11) is 0. The van der Waals surface area contributed by atoms with E-state index in [-0.39, 0.29) is 18.4 Å². The highest BCUT2D eigenvalue weighted by molar-refractivity contribution is 5.73. The van der Waals surface area contributed by atoms with Gasteiger partial charge in [-0.05, 0) is 42.5 Å². The first-order valence-corrected chi connectivity index (χ1v) is 5.89. The number of nitrogens with two attached hydrogens (primary N) is 1. The van der Waals surface area contributed by atoms with Crippen molar-refractivity contribution in [3.05, 3.63) is 29.3 Å². The van der Waals surface area contributed by atoms with E-state index in [1.165, 1.54) is 0 Å². The highest BCUT2D eigenvalue weighted by Gasteiger charge is 2.17. The molecule has 17 heavy (non-hydrogen) atoms. The van der Waals surface area contributed by atoms with Crippen LogP contribution in [0.25, 0.3) is 0 Å². The van der Waals surface area contributed by atoms with Crippen molar-refractivity contribution in [2.75, 3.05) is 6.61 Å². The molecule has 0 bridgehead atoms. The van der Waals surface area contributed by atoms with Gasteiger partial charge in [0.2, 0.25) is 5.91 Å². The Labute approximate surface area is 100 Å². The second-order valence-corrected chi connectivity index (χ2v) is 4.33. The summed E-state index contributed by atoms with van der Waals surface area (Å²) >= 11 is 0. The third-order valence-electron chi connectivity index (χ3n) is 3.01. The zero-order valence-corrected chi connectivity index (χ0v) is 9.69. The van der Waals surface area contributed by atoms with Crippen molar-refractivity contribution in [1.82, 2.24) is 0 Å². The fourth-order valence-electron chi connectivity index (χ4n) is 2.12. The number of aliphatic hydroxyl groups is 1. The first-order chi connectivity index (χ1) is 8.16. The number of aliphatic hydroxyl groups excluding tert-OH is 1. The maximum atomic E-state index is 10.6. The SMILES string of the molecule is NC(=O)CCOc1ccc2c(c1)CCCC2O. The van der Waals surface area contributed by atoms with E-state index in [9.17, 15) is 9.90 Å². The fourth-order valence-corrected chi connectivity index (χ4v) is 2.12. The fraction of sp³-hybridized carbons (Fsp3) is 0.462. The number of carbonyl (C=O) groups is 1. The molecule has 0 fully saturated rings. The highest BCUT2D eigenvalue weighted by atomic mass is 16.5. The van der Waals surface area contributed by atoms with Gasteiger partial charge in [-0.3, -0.25) is 4.79 Å². The van der Waals surface area contributed by atoms with Crippen molar-refractivity contribution in [3.8, 4) is 5.75 Å². The van der Waals surface area contributed by atoms with E-state index in [1.54, 1.807) is 0 Å². The number of hydrogen-bond donors (Lipinski definition) is 2. The molecule has 1 aliphatic carbocycles. The van der Waals surface area contributed by atoms with E-state index in [0.717, 1.165) is 36.1 Å². The van der Waals surface area contributed by atoms with Crippen LogP contribution >= 0.6 is 0 Å². The van der Waals surface area contributed by atoms with Gasteiger partial charge in [-0.1, -0.05) is 6.07 Å². The second kappa shape index (κ2) is 5.19. The van der Waals surface area contributed by atoms with Crippen molar-refractivity contribution in [2.45, 2.75) is 31.8 Å². The molecule has 0 heterocycles. The number of fused-ring (bicyclic) bond motifs is 1. The van der Waals surface area contributed by atoms with Crippen molar-refractivity contribution >= 4 is 5.91 Å². The van der Waals surface area contributed by atoms with Gasteiger partial charge in [0, 0.05) is 0 Å². The smallest absolute Gasteiger partial charge is 0.220 e. The molecule has 1 aliphatic rings. The Balaban J connectivity index is 2.03. The molecule has 0 radical (unpaired) electrons. The van der Waals surface area contributed by atoms with Crippen LogP contribution in [0.3, 0.4) is 0 Å². The number of carbonyl (C=O) groups excluding carboxylic acids is 1. The van der Waals surface area contributed by atoms with Gasteiger partial charge in [0.05, 0.1) is 19.1 Å². The Morgan fingerprint density at radius 3 is 3.12 bits per heavy atom. The van der Waals surface area contributed by atoms with Crippen LogP contribution in [0.5, 0.6) is 5.75 Å². The summed E-state index contributed by atoms with van der Waals surface area (Å²) in [4.78, 5) is 10.6. The molecule has 0 spiro atoms. The number of primary amides is 1. The second-order valence-electron chi connectivity index (χ2n) is 4.33. The summed E-state index contributed by atoms with van der Waals surface area (Å²) in [5, 5.41) is 9.80. The first-order valence-electron chi connectivity index (χ1n) is 5.89. The maximum Gasteiger partial charge on any atom is 0.220 e. The topological polar surface area (TPSA) is 72.6 Å². The number of rotatable bonds is 4. The van der Waals surface area contributed by atoms with Crippen LogP contribution < -0.4 is 10.5 Å². The van der Waals surface area contributed by atoms with Gasteiger partial charge in [-0.25, -0.2) is 0 Å². The van der Waals surface area contributed by atoms with Gasteiger partial charge in [0.1, 0.15) is 5.75 Å². The average molecular weight is 235 g/mol. The predicted octanol–water partition coefficient (Wildman–Crippen LogP) is 1.31. The Hall–Kier alpha value is -1.55. The molecule has 1 atom stereocenters. The van der Waals surface area contributed by atoms with Crippen LogP contribution in [0.4, 0.5) is 0 Å². The minimum Gasteiger partial charge on any atom is -0.493 e.